The Balaban J connectivity index is 2.94. The zero-order chi connectivity index (χ0) is 13.9. The van der Waals surface area contributed by atoms with Gasteiger partial charge in [-0.25, -0.2) is 4.79 Å². The third-order valence-corrected chi connectivity index (χ3v) is 2.44. The number of aliphatic carboxylic acids is 1. The minimum Gasteiger partial charge on any atom is -0.480 e. The fourth-order valence-electron chi connectivity index (χ4n) is 1.44. The number of hydrogen-bond donors (Lipinski definition) is 1. The maximum Gasteiger partial charge on any atom is 0.435 e. The summed E-state index contributed by atoms with van der Waals surface area (Å²) in [6.07, 6.45) is -4.25. The third-order valence-electron chi connectivity index (χ3n) is 2.44. The van der Waals surface area contributed by atoms with Crippen molar-refractivity contribution in [2.75, 3.05) is 11.9 Å². The molecule has 1 N–H and O–H groups in total. The minimum atomic E-state index is -4.55. The molecular weight excluding hydrogens is 251 g/mol. The fraction of sp³-hybridized carbons (Fsp3) is 0.500. The van der Waals surface area contributed by atoms with E-state index in [1.54, 1.807) is 6.92 Å². The quantitative estimate of drug-likeness (QED) is 0.897. The van der Waals surface area contributed by atoms with Crippen molar-refractivity contribution in [2.24, 2.45) is 0 Å². The van der Waals surface area contributed by atoms with Crippen molar-refractivity contribution in [3.63, 3.8) is 0 Å². The molecule has 0 aliphatic heterocycles. The number of rotatable bonds is 4. The summed E-state index contributed by atoms with van der Waals surface area (Å²) in [4.78, 5) is 12.2. The number of carboxylic acids is 1. The van der Waals surface area contributed by atoms with Crippen LogP contribution in [0.2, 0.25) is 0 Å². The first-order valence-electron chi connectivity index (χ1n) is 5.14. The van der Waals surface area contributed by atoms with Crippen LogP contribution in [-0.4, -0.2) is 34.4 Å². The summed E-state index contributed by atoms with van der Waals surface area (Å²) in [5.74, 6) is -0.987. The lowest BCUT2D eigenvalue weighted by Crippen LogP contribution is -2.38. The Hall–Kier alpha value is -1.86. The highest BCUT2D eigenvalue weighted by Gasteiger charge is 2.33. The summed E-state index contributed by atoms with van der Waals surface area (Å²) in [6, 6.07) is 1.02. The molecular formula is C10H12F3N3O2. The summed E-state index contributed by atoms with van der Waals surface area (Å²) >= 11 is 0. The molecule has 1 unspecified atom stereocenters. The fourth-order valence-corrected chi connectivity index (χ4v) is 1.44. The van der Waals surface area contributed by atoms with E-state index in [0.717, 1.165) is 12.1 Å². The standard InChI is InChI=1S/C10H12F3N3O2/c1-3-6(9(17)18)16(2)8-5-4-7(14-15-8)10(11,12)13/h4-6H,3H2,1-2H3,(H,17,18). The van der Waals surface area contributed by atoms with E-state index in [1.165, 1.54) is 11.9 Å². The van der Waals surface area contributed by atoms with Crippen LogP contribution in [0, 0.1) is 0 Å². The zero-order valence-electron chi connectivity index (χ0n) is 9.77. The molecule has 1 heterocycles. The predicted octanol–water partition coefficient (Wildman–Crippen LogP) is 1.79. The van der Waals surface area contributed by atoms with E-state index in [1.807, 2.05) is 0 Å². The van der Waals surface area contributed by atoms with Gasteiger partial charge in [-0.15, -0.1) is 10.2 Å². The van der Waals surface area contributed by atoms with E-state index in [4.69, 9.17) is 5.11 Å². The second-order valence-electron chi connectivity index (χ2n) is 3.65. The molecule has 100 valence electrons. The van der Waals surface area contributed by atoms with Crippen molar-refractivity contribution in [3.05, 3.63) is 17.8 Å². The molecule has 0 amide bonds. The van der Waals surface area contributed by atoms with Crippen molar-refractivity contribution >= 4 is 11.8 Å². The van der Waals surface area contributed by atoms with E-state index in [-0.39, 0.29) is 5.82 Å². The second kappa shape index (κ2) is 5.19. The van der Waals surface area contributed by atoms with Gasteiger partial charge >= 0.3 is 12.1 Å². The number of alkyl halides is 3. The number of aromatic nitrogens is 2. The molecule has 0 fully saturated rings. The Morgan fingerprint density at radius 3 is 2.39 bits per heavy atom. The van der Waals surface area contributed by atoms with Crippen LogP contribution in [-0.2, 0) is 11.0 Å². The molecule has 0 saturated carbocycles. The number of hydrogen-bond acceptors (Lipinski definition) is 4. The van der Waals surface area contributed by atoms with Gasteiger partial charge in [-0.05, 0) is 18.6 Å². The Bertz CT molecular complexity index is 419. The van der Waals surface area contributed by atoms with Crippen LogP contribution in [0.4, 0.5) is 19.0 Å². The van der Waals surface area contributed by atoms with Crippen molar-refractivity contribution in [2.45, 2.75) is 25.6 Å². The van der Waals surface area contributed by atoms with Gasteiger partial charge in [0.15, 0.2) is 11.5 Å². The Labute approximate surface area is 101 Å². The highest BCUT2D eigenvalue weighted by atomic mass is 19.4. The van der Waals surface area contributed by atoms with Crippen LogP contribution in [0.3, 0.4) is 0 Å². The van der Waals surface area contributed by atoms with Gasteiger partial charge < -0.3 is 10.0 Å². The number of carboxylic acid groups (broad SMARTS) is 1. The molecule has 8 heteroatoms. The maximum atomic E-state index is 12.3. The Morgan fingerprint density at radius 1 is 1.44 bits per heavy atom. The summed E-state index contributed by atoms with van der Waals surface area (Å²) in [7, 11) is 1.44. The lowest BCUT2D eigenvalue weighted by molar-refractivity contribution is -0.142. The van der Waals surface area contributed by atoms with Gasteiger partial charge in [0, 0.05) is 7.05 Å². The van der Waals surface area contributed by atoms with Crippen molar-refractivity contribution in [1.82, 2.24) is 10.2 Å². The molecule has 0 radical (unpaired) electrons. The van der Waals surface area contributed by atoms with Gasteiger partial charge in [-0.1, -0.05) is 6.92 Å². The summed E-state index contributed by atoms with van der Waals surface area (Å²) < 4.78 is 36.8. The van der Waals surface area contributed by atoms with Crippen LogP contribution >= 0.6 is 0 Å². The highest BCUT2D eigenvalue weighted by Crippen LogP contribution is 2.27. The molecule has 18 heavy (non-hydrogen) atoms. The molecule has 1 aromatic heterocycles. The van der Waals surface area contributed by atoms with Crippen molar-refractivity contribution in [3.8, 4) is 0 Å². The number of anilines is 1. The normalized spacial score (nSPS) is 13.2. The molecule has 0 aromatic carbocycles. The number of carbonyl (C=O) groups is 1. The number of halogens is 3. The average molecular weight is 263 g/mol. The average Bonchev–Trinajstić information content (AvgIpc) is 2.28. The maximum absolute atomic E-state index is 12.3. The van der Waals surface area contributed by atoms with E-state index in [0.29, 0.717) is 6.42 Å². The van der Waals surface area contributed by atoms with Gasteiger partial charge in [0.05, 0.1) is 0 Å². The molecule has 1 rings (SSSR count). The van der Waals surface area contributed by atoms with Crippen LogP contribution in [0.25, 0.3) is 0 Å². The zero-order valence-corrected chi connectivity index (χ0v) is 9.77. The monoisotopic (exact) mass is 263 g/mol. The van der Waals surface area contributed by atoms with Crippen LogP contribution in [0.15, 0.2) is 12.1 Å². The van der Waals surface area contributed by atoms with Crippen LogP contribution in [0.5, 0.6) is 0 Å². The van der Waals surface area contributed by atoms with Crippen LogP contribution in [0.1, 0.15) is 19.0 Å². The van der Waals surface area contributed by atoms with Crippen molar-refractivity contribution in [1.29, 1.82) is 0 Å². The first-order chi connectivity index (χ1) is 8.27. The second-order valence-corrected chi connectivity index (χ2v) is 3.65. The smallest absolute Gasteiger partial charge is 0.435 e. The molecule has 0 spiro atoms. The first kappa shape index (κ1) is 14.2. The lowest BCUT2D eigenvalue weighted by Gasteiger charge is -2.24. The molecule has 0 aliphatic carbocycles. The molecule has 1 atom stereocenters. The number of nitrogens with zero attached hydrogens (tertiary/aromatic N) is 3. The van der Waals surface area contributed by atoms with Gasteiger partial charge in [0.1, 0.15) is 6.04 Å². The van der Waals surface area contributed by atoms with Crippen LogP contribution < -0.4 is 4.90 Å². The minimum absolute atomic E-state index is 0.0808. The predicted molar refractivity (Wildman–Crippen MR) is 57.2 cm³/mol. The topological polar surface area (TPSA) is 66.3 Å². The SMILES string of the molecule is CCC(C(=O)O)N(C)c1ccc(C(F)(F)F)nn1. The van der Waals surface area contributed by atoms with E-state index < -0.39 is 23.9 Å². The first-order valence-corrected chi connectivity index (χ1v) is 5.14. The molecule has 0 saturated heterocycles. The van der Waals surface area contributed by atoms with Gasteiger partial charge in [-0.2, -0.15) is 13.2 Å². The van der Waals surface area contributed by atoms with E-state index in [9.17, 15) is 18.0 Å². The van der Waals surface area contributed by atoms with Crippen molar-refractivity contribution < 1.29 is 23.1 Å². The van der Waals surface area contributed by atoms with Gasteiger partial charge in [0.2, 0.25) is 0 Å². The summed E-state index contributed by atoms with van der Waals surface area (Å²) in [5, 5.41) is 15.3. The Kier molecular flexibility index (Phi) is 4.10. The molecule has 0 bridgehead atoms. The lowest BCUT2D eigenvalue weighted by atomic mass is 10.2. The van der Waals surface area contributed by atoms with Gasteiger partial charge in [0.25, 0.3) is 0 Å². The number of likely N-dealkylation sites (N-methyl/N-ethyl adjacent to an activating group) is 1. The molecule has 5 nitrogen and oxygen atoms in total. The summed E-state index contributed by atoms with van der Waals surface area (Å²) in [5.41, 5.74) is -1.11. The van der Waals surface area contributed by atoms with Gasteiger partial charge in [-0.3, -0.25) is 0 Å². The van der Waals surface area contributed by atoms with E-state index in [2.05, 4.69) is 10.2 Å². The molecule has 0 aliphatic rings. The summed E-state index contributed by atoms with van der Waals surface area (Å²) in [6.45, 7) is 1.66. The molecule has 1 aromatic rings. The largest absolute Gasteiger partial charge is 0.480 e. The Morgan fingerprint density at radius 2 is 2.06 bits per heavy atom. The highest BCUT2D eigenvalue weighted by molar-refractivity contribution is 5.77. The third kappa shape index (κ3) is 3.08. The van der Waals surface area contributed by atoms with E-state index >= 15 is 0 Å².